The Morgan fingerprint density at radius 2 is 1.57 bits per heavy atom. The highest BCUT2D eigenvalue weighted by Crippen LogP contribution is 2.34. The number of hydrogen-bond donors (Lipinski definition) is 2. The van der Waals surface area contributed by atoms with Crippen LogP contribution in [-0.2, 0) is 0 Å². The van der Waals surface area contributed by atoms with Crippen molar-refractivity contribution in [3.8, 4) is 21.9 Å². The fourth-order valence-electron chi connectivity index (χ4n) is 2.56. The second-order valence-electron chi connectivity index (χ2n) is 5.99. The van der Waals surface area contributed by atoms with Crippen LogP contribution in [0.2, 0.25) is 0 Å². The van der Waals surface area contributed by atoms with Gasteiger partial charge in [0.25, 0.3) is 5.91 Å². The molecule has 1 aromatic heterocycles. The number of thiophene rings is 1. The third kappa shape index (κ3) is 4.32. The number of nitrogens with zero attached hydrogens (tertiary/aromatic N) is 1. The normalized spacial score (nSPS) is 11.2. The number of benzene rings is 2. The van der Waals surface area contributed by atoms with Crippen molar-refractivity contribution in [3.05, 3.63) is 65.0 Å². The minimum absolute atomic E-state index is 0.338. The molecular formula is C21H21N3O3S. The summed E-state index contributed by atoms with van der Waals surface area (Å²) in [6.07, 6.45) is 0. The molecule has 0 atom stereocenters. The van der Waals surface area contributed by atoms with E-state index in [1.54, 1.807) is 20.3 Å². The molecule has 144 valence electrons. The molecule has 3 rings (SSSR count). The van der Waals surface area contributed by atoms with Crippen LogP contribution in [0.5, 0.6) is 11.5 Å². The molecule has 0 aliphatic rings. The summed E-state index contributed by atoms with van der Waals surface area (Å²) in [6, 6.07) is 16.8. The summed E-state index contributed by atoms with van der Waals surface area (Å²) in [5.41, 5.74) is 11.6. The minimum Gasteiger partial charge on any atom is -0.497 e. The van der Waals surface area contributed by atoms with Crippen LogP contribution in [0.1, 0.15) is 22.2 Å². The van der Waals surface area contributed by atoms with Gasteiger partial charge >= 0.3 is 0 Å². The van der Waals surface area contributed by atoms with Gasteiger partial charge in [0.2, 0.25) is 0 Å². The Kier molecular flexibility index (Phi) is 5.96. The van der Waals surface area contributed by atoms with Gasteiger partial charge in [-0.05, 0) is 72.6 Å². The van der Waals surface area contributed by atoms with E-state index in [2.05, 4.69) is 10.5 Å². The molecule has 0 fully saturated rings. The summed E-state index contributed by atoms with van der Waals surface area (Å²) in [4.78, 5) is 13.9. The average Bonchev–Trinajstić information content (AvgIpc) is 3.13. The molecular weight excluding hydrogens is 374 g/mol. The number of hydrazone groups is 1. The summed E-state index contributed by atoms with van der Waals surface area (Å²) < 4.78 is 10.3. The number of ether oxygens (including phenoxy) is 2. The van der Waals surface area contributed by atoms with Gasteiger partial charge in [0, 0.05) is 4.88 Å². The predicted molar refractivity (Wildman–Crippen MR) is 113 cm³/mol. The largest absolute Gasteiger partial charge is 0.497 e. The van der Waals surface area contributed by atoms with Gasteiger partial charge in [-0.2, -0.15) is 5.10 Å². The van der Waals surface area contributed by atoms with Crippen molar-refractivity contribution in [3.63, 3.8) is 0 Å². The number of rotatable bonds is 6. The van der Waals surface area contributed by atoms with E-state index < -0.39 is 0 Å². The number of nitrogen functional groups attached to an aromatic ring is 1. The highest BCUT2D eigenvalue weighted by atomic mass is 32.1. The summed E-state index contributed by atoms with van der Waals surface area (Å²) in [5, 5.41) is 4.18. The van der Waals surface area contributed by atoms with Gasteiger partial charge < -0.3 is 15.2 Å². The van der Waals surface area contributed by atoms with Gasteiger partial charge in [0.05, 0.1) is 25.6 Å². The fraction of sp³-hybridized carbons (Fsp3) is 0.143. The molecule has 0 unspecified atom stereocenters. The van der Waals surface area contributed by atoms with Gasteiger partial charge in [-0.15, -0.1) is 11.3 Å². The lowest BCUT2D eigenvalue weighted by atomic mass is 10.1. The van der Waals surface area contributed by atoms with Crippen LogP contribution < -0.4 is 20.6 Å². The number of methoxy groups -OCH3 is 2. The molecule has 0 aliphatic heterocycles. The van der Waals surface area contributed by atoms with Crippen LogP contribution in [0.3, 0.4) is 0 Å². The smallest absolute Gasteiger partial charge is 0.283 e. The van der Waals surface area contributed by atoms with Gasteiger partial charge in [-0.25, -0.2) is 5.43 Å². The second-order valence-corrected chi connectivity index (χ2v) is 7.04. The molecule has 0 spiro atoms. The van der Waals surface area contributed by atoms with Gasteiger partial charge in [0.1, 0.15) is 16.4 Å². The zero-order chi connectivity index (χ0) is 20.1. The maximum atomic E-state index is 12.5. The third-order valence-electron chi connectivity index (χ3n) is 4.17. The van der Waals surface area contributed by atoms with Crippen molar-refractivity contribution in [2.24, 2.45) is 5.10 Å². The first-order valence-corrected chi connectivity index (χ1v) is 9.36. The number of anilines is 1. The van der Waals surface area contributed by atoms with Crippen molar-refractivity contribution >= 4 is 28.6 Å². The van der Waals surface area contributed by atoms with Gasteiger partial charge in [0.15, 0.2) is 0 Å². The number of amides is 1. The first kappa shape index (κ1) is 19.4. The molecule has 7 heteroatoms. The Morgan fingerprint density at radius 3 is 2.14 bits per heavy atom. The number of nitrogens with two attached hydrogens (primary N) is 1. The maximum Gasteiger partial charge on any atom is 0.283 e. The number of carbonyl (C=O) groups is 1. The lowest BCUT2D eigenvalue weighted by molar-refractivity contribution is 0.0959. The molecule has 0 radical (unpaired) electrons. The monoisotopic (exact) mass is 395 g/mol. The van der Waals surface area contributed by atoms with E-state index in [9.17, 15) is 4.79 Å². The van der Waals surface area contributed by atoms with Crippen LogP contribution in [0.4, 0.5) is 5.69 Å². The van der Waals surface area contributed by atoms with Crippen molar-refractivity contribution < 1.29 is 14.3 Å². The van der Waals surface area contributed by atoms with Crippen molar-refractivity contribution in [2.75, 3.05) is 20.0 Å². The average molecular weight is 395 g/mol. The topological polar surface area (TPSA) is 85.9 Å². The van der Waals surface area contributed by atoms with E-state index in [4.69, 9.17) is 15.2 Å². The molecule has 3 N–H and O–H groups in total. The maximum absolute atomic E-state index is 12.5. The van der Waals surface area contributed by atoms with Crippen LogP contribution in [0, 0.1) is 0 Å². The van der Waals surface area contributed by atoms with Crippen LogP contribution in [-0.4, -0.2) is 25.8 Å². The fourth-order valence-corrected chi connectivity index (χ4v) is 3.54. The summed E-state index contributed by atoms with van der Waals surface area (Å²) in [7, 11) is 3.23. The first-order chi connectivity index (χ1) is 13.5. The molecule has 6 nitrogen and oxygen atoms in total. The van der Waals surface area contributed by atoms with Crippen LogP contribution >= 0.6 is 11.3 Å². The van der Waals surface area contributed by atoms with Crippen molar-refractivity contribution in [1.82, 2.24) is 5.43 Å². The Morgan fingerprint density at radius 1 is 1.00 bits per heavy atom. The highest BCUT2D eigenvalue weighted by molar-refractivity contribution is 7.18. The third-order valence-corrected chi connectivity index (χ3v) is 5.37. The number of carbonyl (C=O) groups excluding carboxylic acids is 1. The summed E-state index contributed by atoms with van der Waals surface area (Å²) in [6.45, 7) is 1.82. The molecule has 1 amide bonds. The summed E-state index contributed by atoms with van der Waals surface area (Å²) in [5.74, 6) is 1.20. The van der Waals surface area contributed by atoms with Crippen molar-refractivity contribution in [2.45, 2.75) is 6.92 Å². The predicted octanol–water partition coefficient (Wildman–Crippen LogP) is 4.17. The number of nitrogens with one attached hydrogen (secondary N) is 1. The molecule has 0 saturated carbocycles. The van der Waals surface area contributed by atoms with E-state index in [0.29, 0.717) is 16.3 Å². The van der Waals surface area contributed by atoms with Crippen LogP contribution in [0.25, 0.3) is 10.4 Å². The zero-order valence-electron chi connectivity index (χ0n) is 15.9. The van der Waals surface area contributed by atoms with E-state index >= 15 is 0 Å². The Labute approximate surface area is 167 Å². The SMILES string of the molecule is COc1ccc(/C(C)=N\NC(=O)c2sc(-c3ccc(OC)cc3)cc2N)cc1. The Balaban J connectivity index is 1.74. The van der Waals surface area contributed by atoms with E-state index in [1.165, 1.54) is 11.3 Å². The summed E-state index contributed by atoms with van der Waals surface area (Å²) >= 11 is 1.32. The molecule has 28 heavy (non-hydrogen) atoms. The standard InChI is InChI=1S/C21H21N3O3S/c1-13(14-4-8-16(26-2)9-5-14)23-24-21(25)20-18(22)12-19(28-20)15-6-10-17(27-3)11-7-15/h4-12H,22H2,1-3H3,(H,24,25)/b23-13-. The highest BCUT2D eigenvalue weighted by Gasteiger charge is 2.15. The first-order valence-electron chi connectivity index (χ1n) is 8.54. The lowest BCUT2D eigenvalue weighted by Crippen LogP contribution is -2.19. The van der Waals surface area contributed by atoms with Gasteiger partial charge in [-0.3, -0.25) is 4.79 Å². The Hall–Kier alpha value is -3.32. The van der Waals surface area contributed by atoms with Gasteiger partial charge in [-0.1, -0.05) is 0 Å². The molecule has 0 bridgehead atoms. The van der Waals surface area contributed by atoms with E-state index in [-0.39, 0.29) is 5.91 Å². The molecule has 3 aromatic rings. The van der Waals surface area contributed by atoms with E-state index in [1.807, 2.05) is 55.5 Å². The van der Waals surface area contributed by atoms with Crippen molar-refractivity contribution in [1.29, 1.82) is 0 Å². The quantitative estimate of drug-likeness (QED) is 0.484. The molecule has 0 saturated heterocycles. The molecule has 1 heterocycles. The zero-order valence-corrected chi connectivity index (χ0v) is 16.7. The van der Waals surface area contributed by atoms with E-state index in [0.717, 1.165) is 27.5 Å². The van der Waals surface area contributed by atoms with Crippen LogP contribution in [0.15, 0.2) is 59.7 Å². The second kappa shape index (κ2) is 8.58. The Bertz CT molecular complexity index is 993. The molecule has 2 aromatic carbocycles. The minimum atomic E-state index is -0.338. The molecule has 0 aliphatic carbocycles. The number of hydrogen-bond acceptors (Lipinski definition) is 6. The lowest BCUT2D eigenvalue weighted by Gasteiger charge is -2.04.